The van der Waals surface area contributed by atoms with Gasteiger partial charge in [-0.25, -0.2) is 4.98 Å². The van der Waals surface area contributed by atoms with Crippen LogP contribution in [0, 0.1) is 17.0 Å². The Hall–Kier alpha value is -3.94. The van der Waals surface area contributed by atoms with Gasteiger partial charge in [-0.2, -0.15) is 0 Å². The van der Waals surface area contributed by atoms with E-state index in [-0.39, 0.29) is 11.3 Å². The van der Waals surface area contributed by atoms with Gasteiger partial charge in [-0.3, -0.25) is 14.9 Å². The van der Waals surface area contributed by atoms with Crippen molar-refractivity contribution in [1.29, 1.82) is 0 Å². The lowest BCUT2D eigenvalue weighted by Crippen LogP contribution is -2.14. The number of nitro benzene ring substituents is 1. The first kappa shape index (κ1) is 16.5. The molecule has 0 saturated heterocycles. The number of rotatable bonds is 4. The van der Waals surface area contributed by atoms with Crippen molar-refractivity contribution >= 4 is 28.3 Å². The Morgan fingerprint density at radius 1 is 1.22 bits per heavy atom. The maximum Gasteiger partial charge on any atom is 0.285 e. The quantitative estimate of drug-likeness (QED) is 0.415. The topological polar surface area (TPSA) is 114 Å². The highest BCUT2D eigenvalue weighted by molar-refractivity contribution is 6.08. The highest BCUT2D eigenvalue weighted by Crippen LogP contribution is 2.26. The molecule has 2 aromatic carbocycles. The molecule has 0 bridgehead atoms. The molecule has 27 heavy (non-hydrogen) atoms. The molecule has 8 heteroatoms. The highest BCUT2D eigenvalue weighted by atomic mass is 16.6. The van der Waals surface area contributed by atoms with Crippen LogP contribution in [-0.4, -0.2) is 20.8 Å². The number of nitrogens with zero attached hydrogens (tertiary/aromatic N) is 2. The van der Waals surface area contributed by atoms with Crippen LogP contribution in [0.2, 0.25) is 0 Å². The zero-order valence-corrected chi connectivity index (χ0v) is 14.2. The second-order valence-corrected chi connectivity index (χ2v) is 5.98. The fourth-order valence-electron chi connectivity index (χ4n) is 2.90. The number of aryl methyl sites for hydroxylation is 1. The molecule has 1 amide bonds. The van der Waals surface area contributed by atoms with Crippen LogP contribution >= 0.6 is 0 Å². The minimum Gasteiger partial charge on any atom is -0.461 e. The molecule has 0 aliphatic heterocycles. The van der Waals surface area contributed by atoms with E-state index < -0.39 is 10.8 Å². The number of H-pyrrole nitrogens is 1. The summed E-state index contributed by atoms with van der Waals surface area (Å²) in [4.78, 5) is 30.9. The van der Waals surface area contributed by atoms with E-state index in [0.717, 1.165) is 0 Å². The van der Waals surface area contributed by atoms with Gasteiger partial charge in [0.2, 0.25) is 0 Å². The van der Waals surface area contributed by atoms with E-state index in [1.807, 2.05) is 0 Å². The first-order chi connectivity index (χ1) is 13.0. The molecular weight excluding hydrogens is 348 g/mol. The molecule has 0 atom stereocenters. The Morgan fingerprint density at radius 3 is 2.81 bits per heavy atom. The molecule has 0 saturated carbocycles. The van der Waals surface area contributed by atoms with Crippen molar-refractivity contribution < 1.29 is 14.1 Å². The second kappa shape index (κ2) is 6.41. The molecule has 4 aromatic rings. The summed E-state index contributed by atoms with van der Waals surface area (Å²) in [5.41, 5.74) is 2.16. The number of amides is 1. The number of nitro groups is 1. The molecule has 0 spiro atoms. The van der Waals surface area contributed by atoms with Crippen molar-refractivity contribution in [3.8, 4) is 11.6 Å². The first-order valence-electron chi connectivity index (χ1n) is 8.12. The van der Waals surface area contributed by atoms with E-state index in [4.69, 9.17) is 4.42 Å². The van der Waals surface area contributed by atoms with Gasteiger partial charge in [-0.1, -0.05) is 12.1 Å². The minimum atomic E-state index is -0.546. The van der Waals surface area contributed by atoms with Crippen molar-refractivity contribution in [2.75, 3.05) is 5.32 Å². The summed E-state index contributed by atoms with van der Waals surface area (Å²) in [6.45, 7) is 1.60. The summed E-state index contributed by atoms with van der Waals surface area (Å²) in [5, 5.41) is 14.0. The lowest BCUT2D eigenvalue weighted by molar-refractivity contribution is -0.385. The summed E-state index contributed by atoms with van der Waals surface area (Å²) in [6.07, 6.45) is 1.56. The molecule has 4 rings (SSSR count). The first-order valence-corrected chi connectivity index (χ1v) is 8.12. The van der Waals surface area contributed by atoms with Gasteiger partial charge < -0.3 is 14.7 Å². The zero-order chi connectivity index (χ0) is 19.0. The average Bonchev–Trinajstić information content (AvgIpc) is 3.30. The van der Waals surface area contributed by atoms with E-state index >= 15 is 0 Å². The number of furan rings is 1. The number of para-hydroxylation sites is 1. The fourth-order valence-corrected chi connectivity index (χ4v) is 2.90. The molecule has 8 nitrogen and oxygen atoms in total. The van der Waals surface area contributed by atoms with E-state index in [1.165, 1.54) is 6.07 Å². The maximum atomic E-state index is 12.6. The number of fused-ring (bicyclic) bond motifs is 1. The lowest BCUT2D eigenvalue weighted by atomic mass is 10.1. The molecule has 0 aliphatic rings. The zero-order valence-electron chi connectivity index (χ0n) is 14.2. The molecule has 2 N–H and O–H groups in total. The minimum absolute atomic E-state index is 0.0148. The summed E-state index contributed by atoms with van der Waals surface area (Å²) in [7, 11) is 0. The van der Waals surface area contributed by atoms with Gasteiger partial charge in [0, 0.05) is 11.3 Å². The SMILES string of the molecule is Cc1cccc(C(=O)Nc2ccc3nc(-c4ccco4)[nH]c3c2)c1[N+](=O)[O-]. The van der Waals surface area contributed by atoms with Gasteiger partial charge in [0.05, 0.1) is 22.2 Å². The Labute approximate surface area is 153 Å². The number of aromatic amines is 1. The van der Waals surface area contributed by atoms with E-state index in [1.54, 1.807) is 55.7 Å². The number of benzene rings is 2. The van der Waals surface area contributed by atoms with Crippen LogP contribution in [0.15, 0.2) is 59.2 Å². The summed E-state index contributed by atoms with van der Waals surface area (Å²) < 4.78 is 5.32. The molecule has 0 fully saturated rings. The maximum absolute atomic E-state index is 12.6. The van der Waals surface area contributed by atoms with Crippen LogP contribution in [0.4, 0.5) is 11.4 Å². The molecule has 2 aromatic heterocycles. The van der Waals surface area contributed by atoms with Gasteiger partial charge in [-0.05, 0) is 43.3 Å². The smallest absolute Gasteiger partial charge is 0.285 e. The van der Waals surface area contributed by atoms with Crippen molar-refractivity contribution in [2.24, 2.45) is 0 Å². The summed E-state index contributed by atoms with van der Waals surface area (Å²) in [5.74, 6) is 0.635. The fraction of sp³-hybridized carbons (Fsp3) is 0.0526. The standard InChI is InChI=1S/C19H14N4O4/c1-11-4-2-5-13(17(11)23(25)26)19(24)20-12-7-8-14-15(10-12)22-18(21-14)16-6-3-9-27-16/h2-10H,1H3,(H,20,24)(H,21,22). The molecule has 2 heterocycles. The monoisotopic (exact) mass is 362 g/mol. The van der Waals surface area contributed by atoms with Crippen LogP contribution in [0.3, 0.4) is 0 Å². The van der Waals surface area contributed by atoms with Crippen molar-refractivity contribution in [3.05, 3.63) is 76.0 Å². The number of carbonyl (C=O) groups excluding carboxylic acids is 1. The van der Waals surface area contributed by atoms with E-state index in [0.29, 0.717) is 33.9 Å². The van der Waals surface area contributed by atoms with Crippen molar-refractivity contribution in [3.63, 3.8) is 0 Å². The highest BCUT2D eigenvalue weighted by Gasteiger charge is 2.22. The van der Waals surface area contributed by atoms with Crippen LogP contribution in [0.25, 0.3) is 22.6 Å². The number of anilines is 1. The number of hydrogen-bond donors (Lipinski definition) is 2. The third-order valence-corrected chi connectivity index (χ3v) is 4.16. The van der Waals surface area contributed by atoms with Gasteiger partial charge in [0.1, 0.15) is 5.56 Å². The number of imidazole rings is 1. The normalized spacial score (nSPS) is 10.9. The van der Waals surface area contributed by atoms with Crippen LogP contribution in [0.5, 0.6) is 0 Å². The number of carbonyl (C=O) groups is 1. The predicted octanol–water partition coefficient (Wildman–Crippen LogP) is 4.29. The second-order valence-electron chi connectivity index (χ2n) is 5.98. The average molecular weight is 362 g/mol. The van der Waals surface area contributed by atoms with Crippen LogP contribution < -0.4 is 5.32 Å². The Bertz CT molecular complexity index is 1160. The number of nitrogens with one attached hydrogen (secondary N) is 2. The summed E-state index contributed by atoms with van der Waals surface area (Å²) >= 11 is 0. The molecule has 0 unspecified atom stereocenters. The summed E-state index contributed by atoms with van der Waals surface area (Å²) in [6, 6.07) is 13.4. The van der Waals surface area contributed by atoms with Gasteiger partial charge in [0.15, 0.2) is 11.6 Å². The molecule has 0 radical (unpaired) electrons. The Morgan fingerprint density at radius 2 is 2.07 bits per heavy atom. The van der Waals surface area contributed by atoms with Crippen LogP contribution in [-0.2, 0) is 0 Å². The third-order valence-electron chi connectivity index (χ3n) is 4.16. The molecular formula is C19H14N4O4. The largest absolute Gasteiger partial charge is 0.461 e. The van der Waals surface area contributed by atoms with E-state index in [9.17, 15) is 14.9 Å². The number of hydrogen-bond acceptors (Lipinski definition) is 5. The number of aromatic nitrogens is 2. The van der Waals surface area contributed by atoms with Crippen LogP contribution in [0.1, 0.15) is 15.9 Å². The van der Waals surface area contributed by atoms with Crippen molar-refractivity contribution in [1.82, 2.24) is 9.97 Å². The van der Waals surface area contributed by atoms with Crippen molar-refractivity contribution in [2.45, 2.75) is 6.92 Å². The Balaban J connectivity index is 1.65. The van der Waals surface area contributed by atoms with Gasteiger partial charge in [0.25, 0.3) is 11.6 Å². The van der Waals surface area contributed by atoms with E-state index in [2.05, 4.69) is 15.3 Å². The molecule has 0 aliphatic carbocycles. The Kier molecular flexibility index (Phi) is 3.92. The van der Waals surface area contributed by atoms with Gasteiger partial charge in [-0.15, -0.1) is 0 Å². The molecule has 134 valence electrons. The third kappa shape index (κ3) is 3.04. The predicted molar refractivity (Wildman–Crippen MR) is 99.6 cm³/mol. The lowest BCUT2D eigenvalue weighted by Gasteiger charge is -2.07. The van der Waals surface area contributed by atoms with Gasteiger partial charge >= 0.3 is 0 Å².